The van der Waals surface area contributed by atoms with Crippen molar-refractivity contribution in [1.29, 1.82) is 0 Å². The molecule has 5 heteroatoms. The summed E-state index contributed by atoms with van der Waals surface area (Å²) < 4.78 is 13.7. The zero-order valence-corrected chi connectivity index (χ0v) is 45.1. The Hall–Kier alpha value is -0.710. The van der Waals surface area contributed by atoms with Crippen molar-refractivity contribution in [2.75, 3.05) is 0 Å². The van der Waals surface area contributed by atoms with Gasteiger partial charge in [-0.05, 0) is 77.0 Å². The minimum atomic E-state index is -0.391. The van der Waals surface area contributed by atoms with E-state index in [1.165, 1.54) is 205 Å². The molecule has 0 aromatic rings. The van der Waals surface area contributed by atoms with Gasteiger partial charge in [0.25, 0.3) is 0 Å². The Morgan fingerprint density at radius 1 is 0.333 bits per heavy atom. The minimum absolute atomic E-state index is 0.00509. The molecule has 0 spiro atoms. The van der Waals surface area contributed by atoms with E-state index in [1.807, 2.05) is 13.8 Å². The van der Waals surface area contributed by atoms with Gasteiger partial charge in [0.15, 0.2) is 0 Å². The first-order valence-electron chi connectivity index (χ1n) is 28.8. The van der Waals surface area contributed by atoms with Crippen molar-refractivity contribution in [3.05, 3.63) is 0 Å². The first-order valence-corrected chi connectivity index (χ1v) is 29.8. The van der Waals surface area contributed by atoms with Crippen LogP contribution in [0.3, 0.4) is 0 Å². The monoisotopic (exact) mass is 907 g/mol. The maximum absolute atomic E-state index is 13.5. The van der Waals surface area contributed by atoms with Crippen LogP contribution >= 0.6 is 11.8 Å². The highest BCUT2D eigenvalue weighted by molar-refractivity contribution is 8.00. The van der Waals surface area contributed by atoms with Gasteiger partial charge < -0.3 is 9.47 Å². The molecule has 63 heavy (non-hydrogen) atoms. The number of rotatable bonds is 50. The van der Waals surface area contributed by atoms with Crippen molar-refractivity contribution >= 4 is 23.7 Å². The molecule has 0 rings (SSSR count). The van der Waals surface area contributed by atoms with Gasteiger partial charge in [0.1, 0.15) is 11.2 Å². The van der Waals surface area contributed by atoms with Gasteiger partial charge in [0.2, 0.25) is 0 Å². The molecule has 0 bridgehead atoms. The minimum Gasteiger partial charge on any atom is -0.459 e. The number of ether oxygens (including phenoxy) is 2. The van der Waals surface area contributed by atoms with Gasteiger partial charge in [0.05, 0.1) is 0 Å². The van der Waals surface area contributed by atoms with Crippen LogP contribution < -0.4 is 0 Å². The van der Waals surface area contributed by atoms with Gasteiger partial charge in [0, 0.05) is 23.3 Å². The van der Waals surface area contributed by atoms with Crippen LogP contribution in [0.1, 0.15) is 338 Å². The highest BCUT2D eigenvalue weighted by Gasteiger charge is 2.40. The van der Waals surface area contributed by atoms with Crippen molar-refractivity contribution < 1.29 is 19.1 Å². The molecule has 0 aromatic heterocycles. The third kappa shape index (κ3) is 36.1. The van der Waals surface area contributed by atoms with E-state index in [9.17, 15) is 9.59 Å². The quantitative estimate of drug-likeness (QED) is 0.0450. The Bertz CT molecular complexity index is 874. The summed E-state index contributed by atoms with van der Waals surface area (Å²) in [6.07, 6.45) is 52.4. The van der Waals surface area contributed by atoms with Crippen LogP contribution in [-0.2, 0) is 19.1 Å². The molecule has 0 fully saturated rings. The van der Waals surface area contributed by atoms with E-state index in [-0.39, 0.29) is 11.9 Å². The molecule has 0 aliphatic carbocycles. The van der Waals surface area contributed by atoms with Gasteiger partial charge in [-0.2, -0.15) is 11.8 Å². The summed E-state index contributed by atoms with van der Waals surface area (Å²) in [4.78, 5) is 27.1. The summed E-state index contributed by atoms with van der Waals surface area (Å²) in [6.45, 7) is 17.8. The smallest absolute Gasteiger partial charge is 0.306 e. The molecule has 0 aliphatic rings. The molecule has 0 N–H and O–H groups in total. The maximum Gasteiger partial charge on any atom is 0.306 e. The molecule has 0 aromatic carbocycles. The summed E-state index contributed by atoms with van der Waals surface area (Å²) >= 11 is 2.26. The van der Waals surface area contributed by atoms with Gasteiger partial charge >= 0.3 is 11.9 Å². The highest BCUT2D eigenvalue weighted by atomic mass is 32.2. The van der Waals surface area contributed by atoms with Gasteiger partial charge in [-0.3, -0.25) is 9.59 Å². The third-order valence-electron chi connectivity index (χ3n) is 14.0. The fraction of sp³-hybridized carbons (Fsp3) is 0.966. The molecule has 4 nitrogen and oxygen atoms in total. The molecular formula is C58H114O4S. The van der Waals surface area contributed by atoms with Crippen molar-refractivity contribution in [2.24, 2.45) is 0 Å². The van der Waals surface area contributed by atoms with E-state index in [4.69, 9.17) is 9.47 Å². The fourth-order valence-corrected chi connectivity index (χ4v) is 11.9. The lowest BCUT2D eigenvalue weighted by Gasteiger charge is -2.40. The largest absolute Gasteiger partial charge is 0.459 e. The van der Waals surface area contributed by atoms with Crippen LogP contribution in [0, 0.1) is 0 Å². The van der Waals surface area contributed by atoms with E-state index in [0.717, 1.165) is 64.2 Å². The second-order valence-electron chi connectivity index (χ2n) is 20.3. The first kappa shape index (κ1) is 62.3. The molecule has 0 saturated heterocycles. The first-order chi connectivity index (χ1) is 30.7. The van der Waals surface area contributed by atoms with Crippen LogP contribution in [0.25, 0.3) is 0 Å². The summed E-state index contributed by atoms with van der Waals surface area (Å²) in [7, 11) is 0. The summed E-state index contributed by atoms with van der Waals surface area (Å²) in [5.74, 6) is -0.0102. The Morgan fingerprint density at radius 2 is 0.556 bits per heavy atom. The number of hydrogen-bond donors (Lipinski definition) is 0. The summed E-state index contributed by atoms with van der Waals surface area (Å²) in [5, 5.41) is 0.861. The van der Waals surface area contributed by atoms with E-state index in [2.05, 4.69) is 53.3 Å². The average Bonchev–Trinajstić information content (AvgIpc) is 3.28. The van der Waals surface area contributed by atoms with Crippen LogP contribution in [0.15, 0.2) is 0 Å². The molecule has 0 saturated carbocycles. The molecule has 0 aliphatic heterocycles. The second-order valence-corrected chi connectivity index (χ2v) is 21.9. The van der Waals surface area contributed by atoms with Crippen LogP contribution in [0.2, 0.25) is 0 Å². The maximum atomic E-state index is 13.5. The highest BCUT2D eigenvalue weighted by Crippen LogP contribution is 2.43. The Labute approximate surface area is 400 Å². The van der Waals surface area contributed by atoms with Crippen molar-refractivity contribution in [3.8, 4) is 0 Å². The Kier molecular flexibility index (Phi) is 44.6. The number of unbranched alkanes of at least 4 members (excludes halogenated alkanes) is 28. The lowest BCUT2D eigenvalue weighted by atomic mass is 9.84. The van der Waals surface area contributed by atoms with Crippen molar-refractivity contribution in [2.45, 2.75) is 360 Å². The number of esters is 2. The third-order valence-corrected chi connectivity index (χ3v) is 15.6. The van der Waals surface area contributed by atoms with Crippen LogP contribution in [-0.4, -0.2) is 33.6 Å². The summed E-state index contributed by atoms with van der Waals surface area (Å²) in [5.41, 5.74) is -0.782. The standard InChI is InChI=1S/C58H114O4S/c1-9-17-23-29-35-41-47-57(61-55(59)15-7,48-42-36-30-24-18-10-2)51-53(45-39-33-27-21-13-5)63-54(46-40-34-28-22-14-6)52-58(62-56(60)16-8,49-43-37-31-25-19-11-3)50-44-38-32-26-20-12-4/h53-54H,9-52H2,1-8H3. The topological polar surface area (TPSA) is 52.6 Å². The molecular weight excluding hydrogens is 793 g/mol. The van der Waals surface area contributed by atoms with Gasteiger partial charge in [-0.25, -0.2) is 0 Å². The Morgan fingerprint density at radius 3 is 0.794 bits per heavy atom. The molecule has 2 unspecified atom stereocenters. The number of carbonyl (C=O) groups is 2. The predicted molar refractivity (Wildman–Crippen MR) is 281 cm³/mol. The number of carbonyl (C=O) groups excluding carboxylic acids is 2. The Balaban J connectivity index is 7.10. The second kappa shape index (κ2) is 45.1. The van der Waals surface area contributed by atoms with E-state index >= 15 is 0 Å². The summed E-state index contributed by atoms with van der Waals surface area (Å²) in [6, 6.07) is 0. The van der Waals surface area contributed by atoms with Gasteiger partial charge in [-0.15, -0.1) is 0 Å². The van der Waals surface area contributed by atoms with Crippen LogP contribution in [0.5, 0.6) is 0 Å². The number of hydrogen-bond acceptors (Lipinski definition) is 5. The van der Waals surface area contributed by atoms with E-state index in [0.29, 0.717) is 23.3 Å². The predicted octanol–water partition coefficient (Wildman–Crippen LogP) is 20.3. The van der Waals surface area contributed by atoms with Crippen molar-refractivity contribution in [1.82, 2.24) is 0 Å². The zero-order valence-electron chi connectivity index (χ0n) is 44.3. The van der Waals surface area contributed by atoms with E-state index in [1.54, 1.807) is 0 Å². The lowest BCUT2D eigenvalue weighted by Crippen LogP contribution is -2.40. The van der Waals surface area contributed by atoms with Gasteiger partial charge in [-0.1, -0.05) is 248 Å². The SMILES string of the molecule is CCCCCCCCC(CCCCCCCC)(CC(CCCCCCC)SC(CCCCCCC)CC(CCCCCCCC)(CCCCCCCC)OC(=O)CC)OC(=O)CC. The van der Waals surface area contributed by atoms with Crippen LogP contribution in [0.4, 0.5) is 0 Å². The lowest BCUT2D eigenvalue weighted by molar-refractivity contribution is -0.163. The fourth-order valence-electron chi connectivity index (χ4n) is 9.97. The number of thioether (sulfide) groups is 1. The molecule has 376 valence electrons. The average molecular weight is 908 g/mol. The normalized spacial score (nSPS) is 13.1. The molecule has 0 amide bonds. The molecule has 0 heterocycles. The zero-order chi connectivity index (χ0) is 46.5. The molecule has 0 radical (unpaired) electrons. The van der Waals surface area contributed by atoms with E-state index < -0.39 is 11.2 Å². The van der Waals surface area contributed by atoms with Crippen molar-refractivity contribution in [3.63, 3.8) is 0 Å². The molecule has 2 atom stereocenters.